The van der Waals surface area contributed by atoms with Gasteiger partial charge in [-0.25, -0.2) is 0 Å². The van der Waals surface area contributed by atoms with Gasteiger partial charge in [-0.3, -0.25) is 4.79 Å². The summed E-state index contributed by atoms with van der Waals surface area (Å²) in [5, 5.41) is 2.03. The highest BCUT2D eigenvalue weighted by atomic mass is 32.1. The fourth-order valence-corrected chi connectivity index (χ4v) is 2.68. The summed E-state index contributed by atoms with van der Waals surface area (Å²) in [5.41, 5.74) is 1.20. The smallest absolute Gasteiger partial charge is 0.314 e. The predicted octanol–water partition coefficient (Wildman–Crippen LogP) is 3.50. The molecule has 84 valence electrons. The van der Waals surface area contributed by atoms with Crippen LogP contribution in [0.3, 0.4) is 0 Å². The summed E-state index contributed by atoms with van der Waals surface area (Å²) in [6, 6.07) is 2.06. The van der Waals surface area contributed by atoms with E-state index in [0.29, 0.717) is 6.61 Å². The molecule has 0 bridgehead atoms. The van der Waals surface area contributed by atoms with E-state index >= 15 is 0 Å². The van der Waals surface area contributed by atoms with Crippen LogP contribution in [-0.4, -0.2) is 12.6 Å². The van der Waals surface area contributed by atoms with Gasteiger partial charge < -0.3 is 4.74 Å². The molecular formula is C12H18O2S. The van der Waals surface area contributed by atoms with E-state index in [1.54, 1.807) is 11.3 Å². The van der Waals surface area contributed by atoms with Crippen LogP contribution in [0, 0.1) is 6.92 Å². The van der Waals surface area contributed by atoms with Gasteiger partial charge in [0.25, 0.3) is 0 Å². The van der Waals surface area contributed by atoms with E-state index in [9.17, 15) is 4.79 Å². The molecule has 3 heteroatoms. The van der Waals surface area contributed by atoms with E-state index in [4.69, 9.17) is 4.74 Å². The van der Waals surface area contributed by atoms with Crippen molar-refractivity contribution in [1.29, 1.82) is 0 Å². The lowest BCUT2D eigenvalue weighted by Crippen LogP contribution is -2.15. The van der Waals surface area contributed by atoms with E-state index in [1.807, 2.05) is 19.2 Å². The minimum atomic E-state index is -0.0788. The number of aryl methyl sites for hydroxylation is 1. The van der Waals surface area contributed by atoms with Crippen molar-refractivity contribution in [2.75, 3.05) is 6.61 Å². The molecule has 1 rings (SSSR count). The summed E-state index contributed by atoms with van der Waals surface area (Å²) >= 11 is 1.65. The van der Waals surface area contributed by atoms with Gasteiger partial charge in [-0.05, 0) is 37.3 Å². The van der Waals surface area contributed by atoms with Crippen LogP contribution in [0.15, 0.2) is 11.4 Å². The molecule has 1 heterocycles. The molecule has 0 saturated heterocycles. The molecule has 0 saturated carbocycles. The Labute approximate surface area is 95.3 Å². The molecule has 0 N–H and O–H groups in total. The maximum atomic E-state index is 11.8. The summed E-state index contributed by atoms with van der Waals surface area (Å²) in [4.78, 5) is 12.9. The molecule has 0 spiro atoms. The second kappa shape index (κ2) is 5.91. The van der Waals surface area contributed by atoms with Gasteiger partial charge in [0.05, 0.1) is 12.5 Å². The molecule has 0 aliphatic carbocycles. The van der Waals surface area contributed by atoms with Gasteiger partial charge in [0.15, 0.2) is 0 Å². The number of carbonyl (C=O) groups excluding carboxylic acids is 1. The highest BCUT2D eigenvalue weighted by Crippen LogP contribution is 2.30. The zero-order valence-electron chi connectivity index (χ0n) is 9.58. The van der Waals surface area contributed by atoms with Crippen molar-refractivity contribution in [3.63, 3.8) is 0 Å². The molecule has 0 radical (unpaired) electrons. The summed E-state index contributed by atoms with van der Waals surface area (Å²) in [5.74, 6) is -0.139. The molecule has 1 unspecified atom stereocenters. The van der Waals surface area contributed by atoms with Crippen LogP contribution in [0.5, 0.6) is 0 Å². The number of thiophene rings is 1. The molecular weight excluding hydrogens is 208 g/mol. The first-order valence-electron chi connectivity index (χ1n) is 5.41. The first kappa shape index (κ1) is 12.2. The van der Waals surface area contributed by atoms with E-state index in [0.717, 1.165) is 17.7 Å². The van der Waals surface area contributed by atoms with Gasteiger partial charge in [-0.2, -0.15) is 0 Å². The van der Waals surface area contributed by atoms with Gasteiger partial charge in [-0.15, -0.1) is 11.3 Å². The molecule has 0 amide bonds. The molecule has 0 aliphatic rings. The average Bonchev–Trinajstić information content (AvgIpc) is 2.61. The standard InChI is InChI=1S/C12H18O2S/c1-4-6-10(12(13)14-5-2)11-9(3)7-8-15-11/h7-8,10H,4-6H2,1-3H3. The molecule has 2 nitrogen and oxygen atoms in total. The molecule has 0 fully saturated rings. The Bertz CT molecular complexity index is 317. The Kier molecular flexibility index (Phi) is 4.82. The lowest BCUT2D eigenvalue weighted by molar-refractivity contribution is -0.145. The van der Waals surface area contributed by atoms with Crippen LogP contribution in [0.2, 0.25) is 0 Å². The Morgan fingerprint density at radius 2 is 2.27 bits per heavy atom. The summed E-state index contributed by atoms with van der Waals surface area (Å²) in [7, 11) is 0. The topological polar surface area (TPSA) is 26.3 Å². The second-order valence-electron chi connectivity index (χ2n) is 3.56. The fourth-order valence-electron chi connectivity index (χ4n) is 1.63. The number of rotatable bonds is 5. The first-order chi connectivity index (χ1) is 7.20. The van der Waals surface area contributed by atoms with Crippen LogP contribution in [-0.2, 0) is 9.53 Å². The second-order valence-corrected chi connectivity index (χ2v) is 4.51. The largest absolute Gasteiger partial charge is 0.465 e. The zero-order valence-corrected chi connectivity index (χ0v) is 10.4. The summed E-state index contributed by atoms with van der Waals surface area (Å²) in [6.45, 7) is 6.45. The third-order valence-corrected chi connectivity index (χ3v) is 3.50. The van der Waals surface area contributed by atoms with Crippen molar-refractivity contribution in [3.8, 4) is 0 Å². The highest BCUT2D eigenvalue weighted by molar-refractivity contribution is 7.10. The average molecular weight is 226 g/mol. The van der Waals surface area contributed by atoms with Crippen LogP contribution >= 0.6 is 11.3 Å². The number of hydrogen-bond donors (Lipinski definition) is 0. The molecule has 15 heavy (non-hydrogen) atoms. The summed E-state index contributed by atoms with van der Waals surface area (Å²) < 4.78 is 5.10. The van der Waals surface area contributed by atoms with E-state index < -0.39 is 0 Å². The number of esters is 1. The highest BCUT2D eigenvalue weighted by Gasteiger charge is 2.23. The summed E-state index contributed by atoms with van der Waals surface area (Å²) in [6.07, 6.45) is 1.88. The van der Waals surface area contributed by atoms with Crippen molar-refractivity contribution < 1.29 is 9.53 Å². The Morgan fingerprint density at radius 3 is 2.73 bits per heavy atom. The minimum absolute atomic E-state index is 0.0602. The lowest BCUT2D eigenvalue weighted by atomic mass is 9.99. The van der Waals surface area contributed by atoms with E-state index in [1.165, 1.54) is 5.56 Å². The monoisotopic (exact) mass is 226 g/mol. The fraction of sp³-hybridized carbons (Fsp3) is 0.583. The van der Waals surface area contributed by atoms with Crippen LogP contribution in [0.1, 0.15) is 43.0 Å². The molecule has 1 aromatic rings. The maximum absolute atomic E-state index is 11.8. The first-order valence-corrected chi connectivity index (χ1v) is 6.29. The van der Waals surface area contributed by atoms with Crippen molar-refractivity contribution in [2.24, 2.45) is 0 Å². The minimum Gasteiger partial charge on any atom is -0.465 e. The number of ether oxygens (including phenoxy) is 1. The third kappa shape index (κ3) is 3.06. The molecule has 0 aliphatic heterocycles. The Balaban J connectivity index is 2.83. The van der Waals surface area contributed by atoms with Crippen LogP contribution in [0.4, 0.5) is 0 Å². The van der Waals surface area contributed by atoms with Crippen LogP contribution in [0.25, 0.3) is 0 Å². The van der Waals surface area contributed by atoms with E-state index in [-0.39, 0.29) is 11.9 Å². The number of carbonyl (C=O) groups is 1. The Morgan fingerprint density at radius 1 is 1.53 bits per heavy atom. The van der Waals surface area contributed by atoms with E-state index in [2.05, 4.69) is 13.0 Å². The van der Waals surface area contributed by atoms with Gasteiger partial charge in [0, 0.05) is 4.88 Å². The number of hydrogen-bond acceptors (Lipinski definition) is 3. The van der Waals surface area contributed by atoms with Gasteiger partial charge >= 0.3 is 5.97 Å². The Hall–Kier alpha value is -0.830. The third-order valence-electron chi connectivity index (χ3n) is 2.37. The SMILES string of the molecule is CCCC(C(=O)OCC)c1sccc1C. The van der Waals surface area contributed by atoms with Crippen LogP contribution < -0.4 is 0 Å². The quantitative estimate of drug-likeness (QED) is 0.718. The maximum Gasteiger partial charge on any atom is 0.314 e. The molecule has 1 atom stereocenters. The predicted molar refractivity (Wildman–Crippen MR) is 63.3 cm³/mol. The van der Waals surface area contributed by atoms with Crippen molar-refractivity contribution in [2.45, 2.75) is 39.5 Å². The van der Waals surface area contributed by atoms with Crippen molar-refractivity contribution in [3.05, 3.63) is 21.9 Å². The van der Waals surface area contributed by atoms with Gasteiger partial charge in [-0.1, -0.05) is 13.3 Å². The van der Waals surface area contributed by atoms with Gasteiger partial charge in [0.2, 0.25) is 0 Å². The molecule has 1 aromatic heterocycles. The van der Waals surface area contributed by atoms with Crippen molar-refractivity contribution in [1.82, 2.24) is 0 Å². The lowest BCUT2D eigenvalue weighted by Gasteiger charge is -2.14. The van der Waals surface area contributed by atoms with Gasteiger partial charge in [0.1, 0.15) is 0 Å². The zero-order chi connectivity index (χ0) is 11.3. The normalized spacial score (nSPS) is 12.5. The molecule has 0 aromatic carbocycles. The van der Waals surface area contributed by atoms with Crippen molar-refractivity contribution >= 4 is 17.3 Å².